The third-order valence-corrected chi connectivity index (χ3v) is 8.37. The maximum absolute atomic E-state index is 9.12. The first-order valence-corrected chi connectivity index (χ1v) is 15.1. The molecule has 1 aliphatic rings. The number of methoxy groups -OCH3 is 1. The molecule has 0 bridgehead atoms. The van der Waals surface area contributed by atoms with Gasteiger partial charge in [-0.05, 0) is 74.4 Å². The third kappa shape index (κ3) is 8.16. The fourth-order valence-corrected chi connectivity index (χ4v) is 5.98. The van der Waals surface area contributed by atoms with Crippen LogP contribution in [-0.2, 0) is 10.5 Å². The molecular formula is C30H35N7OS2. The van der Waals surface area contributed by atoms with E-state index in [-0.39, 0.29) is 0 Å². The fourth-order valence-electron chi connectivity index (χ4n) is 4.46. The lowest BCUT2D eigenvalue weighted by Crippen LogP contribution is -2.35. The minimum atomic E-state index is 0.479. The number of ether oxygens (including phenoxy) is 1. The molecule has 2 aromatic carbocycles. The van der Waals surface area contributed by atoms with E-state index in [1.54, 1.807) is 30.6 Å². The van der Waals surface area contributed by atoms with Crippen molar-refractivity contribution in [3.63, 3.8) is 0 Å². The van der Waals surface area contributed by atoms with Crippen LogP contribution in [0.4, 0.5) is 5.82 Å². The van der Waals surface area contributed by atoms with Gasteiger partial charge in [0.25, 0.3) is 0 Å². The normalized spacial score (nSPS) is 16.2. The van der Waals surface area contributed by atoms with Crippen LogP contribution in [0.25, 0.3) is 0 Å². The van der Waals surface area contributed by atoms with Gasteiger partial charge in [0, 0.05) is 40.4 Å². The zero-order valence-electron chi connectivity index (χ0n) is 23.2. The van der Waals surface area contributed by atoms with E-state index in [0.29, 0.717) is 40.6 Å². The number of piperidine rings is 1. The second-order valence-corrected chi connectivity index (χ2v) is 11.7. The molecule has 1 atom stereocenters. The van der Waals surface area contributed by atoms with Crippen molar-refractivity contribution in [2.45, 2.75) is 42.2 Å². The van der Waals surface area contributed by atoms with E-state index in [9.17, 15) is 0 Å². The molecule has 2 N–H and O–H groups in total. The van der Waals surface area contributed by atoms with Crippen molar-refractivity contribution in [1.82, 2.24) is 15.1 Å². The highest BCUT2D eigenvalue weighted by molar-refractivity contribution is 7.99. The molecule has 10 heteroatoms. The van der Waals surface area contributed by atoms with E-state index in [1.165, 1.54) is 11.3 Å². The van der Waals surface area contributed by atoms with Crippen LogP contribution >= 0.6 is 23.5 Å². The first-order chi connectivity index (χ1) is 19.5. The minimum absolute atomic E-state index is 0.479. The van der Waals surface area contributed by atoms with Gasteiger partial charge < -0.3 is 15.0 Å². The largest absolute Gasteiger partial charge is 0.490 e. The second kappa shape index (κ2) is 14.6. The average molecular weight is 574 g/mol. The SMILES string of the molecule is C=N/C(=C(OC)\C(=N/CSc1ccc(SCc2cccc(C#N)c2)cc1)Nc1cc(C)[nH]n1)N1CCCC(C)C1. The van der Waals surface area contributed by atoms with E-state index in [4.69, 9.17) is 15.0 Å². The van der Waals surface area contributed by atoms with Crippen LogP contribution in [0.2, 0.25) is 0 Å². The van der Waals surface area contributed by atoms with Crippen LogP contribution in [0.15, 0.2) is 86.0 Å². The summed E-state index contributed by atoms with van der Waals surface area (Å²) in [5.41, 5.74) is 2.77. The van der Waals surface area contributed by atoms with Crippen LogP contribution in [0, 0.1) is 24.2 Å². The standard InChI is InChI=1S/C30H35N7OS2/c1-21-7-6-14-37(18-21)30(32-3)28(38-4)29(34-27-15-22(2)35-36-27)33-20-40-26-12-10-25(11-13-26)39-19-24-9-5-8-23(16-24)17-31/h5,8-13,15-16,21H,3,6-7,14,18-20H2,1-2,4H3,(H2,33,34,35,36)/b30-28-. The molecule has 40 heavy (non-hydrogen) atoms. The van der Waals surface area contributed by atoms with Crippen molar-refractivity contribution in [2.24, 2.45) is 15.9 Å². The van der Waals surface area contributed by atoms with E-state index in [2.05, 4.69) is 69.4 Å². The zero-order chi connectivity index (χ0) is 28.3. The third-order valence-electron chi connectivity index (χ3n) is 6.42. The molecule has 8 nitrogen and oxygen atoms in total. The number of nitrogens with zero attached hydrogens (tertiary/aromatic N) is 5. The lowest BCUT2D eigenvalue weighted by Gasteiger charge is -2.33. The number of aromatic nitrogens is 2. The van der Waals surface area contributed by atoms with Crippen LogP contribution in [0.1, 0.15) is 36.6 Å². The van der Waals surface area contributed by atoms with Crippen LogP contribution in [0.5, 0.6) is 0 Å². The summed E-state index contributed by atoms with van der Waals surface area (Å²) in [5, 5.41) is 19.7. The van der Waals surface area contributed by atoms with Crippen molar-refractivity contribution in [3.05, 3.63) is 83.0 Å². The van der Waals surface area contributed by atoms with Gasteiger partial charge in [-0.2, -0.15) is 10.4 Å². The Morgan fingerprint density at radius 3 is 2.65 bits per heavy atom. The minimum Gasteiger partial charge on any atom is -0.490 e. The Balaban J connectivity index is 1.47. The topological polar surface area (TPSA) is 102 Å². The Labute approximate surface area is 245 Å². The number of thioether (sulfide) groups is 2. The predicted octanol–water partition coefficient (Wildman–Crippen LogP) is 6.69. The number of likely N-dealkylation sites (tertiary alicyclic amines) is 1. The summed E-state index contributed by atoms with van der Waals surface area (Å²) in [6.45, 7) is 9.86. The number of aromatic amines is 1. The van der Waals surface area contributed by atoms with Gasteiger partial charge in [0.1, 0.15) is 0 Å². The number of rotatable bonds is 11. The molecule has 1 saturated heterocycles. The van der Waals surface area contributed by atoms with Crippen molar-refractivity contribution < 1.29 is 4.74 Å². The predicted molar refractivity (Wildman–Crippen MR) is 166 cm³/mol. The Morgan fingerprint density at radius 2 is 2.00 bits per heavy atom. The van der Waals surface area contributed by atoms with E-state index < -0.39 is 0 Å². The number of aryl methyl sites for hydroxylation is 1. The first kappa shape index (κ1) is 29.3. The zero-order valence-corrected chi connectivity index (χ0v) is 24.8. The number of H-pyrrole nitrogens is 1. The highest BCUT2D eigenvalue weighted by Gasteiger charge is 2.24. The van der Waals surface area contributed by atoms with Gasteiger partial charge in [0.2, 0.25) is 5.76 Å². The number of nitriles is 1. The van der Waals surface area contributed by atoms with Crippen molar-refractivity contribution in [1.29, 1.82) is 5.26 Å². The van der Waals surface area contributed by atoms with E-state index in [1.807, 2.05) is 37.3 Å². The first-order valence-electron chi connectivity index (χ1n) is 13.2. The molecule has 3 aromatic rings. The van der Waals surface area contributed by atoms with Gasteiger partial charge in [-0.25, -0.2) is 4.99 Å². The molecule has 0 saturated carbocycles. The summed E-state index contributed by atoms with van der Waals surface area (Å²) in [4.78, 5) is 13.8. The number of aliphatic imine (C=N–C) groups is 2. The average Bonchev–Trinajstić information content (AvgIpc) is 3.39. The summed E-state index contributed by atoms with van der Waals surface area (Å²) in [7, 11) is 1.64. The maximum Gasteiger partial charge on any atom is 0.204 e. The molecule has 1 aromatic heterocycles. The Hall–Kier alpha value is -3.68. The van der Waals surface area contributed by atoms with Gasteiger partial charge in [-0.3, -0.25) is 10.1 Å². The number of nitrogens with one attached hydrogen (secondary N) is 2. The number of anilines is 1. The second-order valence-electron chi connectivity index (χ2n) is 9.62. The molecule has 0 aliphatic carbocycles. The highest BCUT2D eigenvalue weighted by Crippen LogP contribution is 2.27. The Morgan fingerprint density at radius 1 is 1.23 bits per heavy atom. The molecule has 0 radical (unpaired) electrons. The molecule has 4 rings (SSSR count). The number of hydrogen-bond donors (Lipinski definition) is 2. The Kier molecular flexibility index (Phi) is 10.7. The molecule has 1 aliphatic heterocycles. The summed E-state index contributed by atoms with van der Waals surface area (Å²) in [5.74, 6) is 4.34. The maximum atomic E-state index is 9.12. The van der Waals surface area contributed by atoms with E-state index in [0.717, 1.165) is 41.4 Å². The van der Waals surface area contributed by atoms with Crippen molar-refractivity contribution in [2.75, 3.05) is 31.4 Å². The monoisotopic (exact) mass is 573 g/mol. The number of hydrogen-bond acceptors (Lipinski definition) is 8. The Bertz CT molecular complexity index is 1390. The van der Waals surface area contributed by atoms with Crippen LogP contribution in [0.3, 0.4) is 0 Å². The van der Waals surface area contributed by atoms with Crippen molar-refractivity contribution in [3.8, 4) is 6.07 Å². The number of benzene rings is 2. The van der Waals surface area contributed by atoms with Crippen LogP contribution in [-0.4, -0.2) is 53.7 Å². The molecule has 1 fully saturated rings. The van der Waals surface area contributed by atoms with Crippen LogP contribution < -0.4 is 5.32 Å². The van der Waals surface area contributed by atoms with E-state index >= 15 is 0 Å². The molecule has 208 valence electrons. The molecule has 2 heterocycles. The van der Waals surface area contributed by atoms with Gasteiger partial charge >= 0.3 is 0 Å². The van der Waals surface area contributed by atoms with Crippen molar-refractivity contribution >= 4 is 41.9 Å². The quantitative estimate of drug-likeness (QED) is 0.114. The molecule has 0 amide bonds. The summed E-state index contributed by atoms with van der Waals surface area (Å²) in [6.07, 6.45) is 2.31. The molecule has 0 spiro atoms. The molecule has 1 unspecified atom stereocenters. The highest BCUT2D eigenvalue weighted by atomic mass is 32.2. The lowest BCUT2D eigenvalue weighted by atomic mass is 10.0. The fraction of sp³-hybridized carbons (Fsp3) is 0.333. The summed E-state index contributed by atoms with van der Waals surface area (Å²) in [6, 6.07) is 20.3. The van der Waals surface area contributed by atoms with Gasteiger partial charge in [0.05, 0.1) is 24.6 Å². The van der Waals surface area contributed by atoms with Gasteiger partial charge in [-0.1, -0.05) is 19.1 Å². The number of amidine groups is 1. The van der Waals surface area contributed by atoms with Gasteiger partial charge in [-0.15, -0.1) is 23.5 Å². The van der Waals surface area contributed by atoms with Gasteiger partial charge in [0.15, 0.2) is 17.5 Å². The smallest absolute Gasteiger partial charge is 0.204 e. The summed E-state index contributed by atoms with van der Waals surface area (Å²) < 4.78 is 5.87. The summed E-state index contributed by atoms with van der Waals surface area (Å²) >= 11 is 3.39. The molecular weight excluding hydrogens is 539 g/mol. The lowest BCUT2D eigenvalue weighted by molar-refractivity contribution is 0.209.